The van der Waals surface area contributed by atoms with Crippen LogP contribution in [0.2, 0.25) is 0 Å². The van der Waals surface area contributed by atoms with Gasteiger partial charge in [-0.2, -0.15) is 5.26 Å². The molecule has 23 heavy (non-hydrogen) atoms. The predicted octanol–water partition coefficient (Wildman–Crippen LogP) is 1.30. The summed E-state index contributed by atoms with van der Waals surface area (Å²) in [4.78, 5) is 26.4. The van der Waals surface area contributed by atoms with Gasteiger partial charge in [-0.15, -0.1) is 0 Å². The van der Waals surface area contributed by atoms with E-state index in [4.69, 9.17) is 10.00 Å². The summed E-state index contributed by atoms with van der Waals surface area (Å²) >= 11 is 0. The van der Waals surface area contributed by atoms with Crippen molar-refractivity contribution in [2.75, 3.05) is 6.61 Å². The number of nitrogens with one attached hydrogen (secondary N) is 3. The summed E-state index contributed by atoms with van der Waals surface area (Å²) in [5, 5.41) is 9.81. The number of nitrogens with zero attached hydrogens (tertiary/aromatic N) is 1. The van der Waals surface area contributed by atoms with Gasteiger partial charge in [-0.3, -0.25) is 10.2 Å². The predicted molar refractivity (Wildman–Crippen MR) is 83.6 cm³/mol. The fraction of sp³-hybridized carbons (Fsp3) is 0.188. The van der Waals surface area contributed by atoms with Gasteiger partial charge in [-0.1, -0.05) is 18.2 Å². The number of rotatable bonds is 6. The van der Waals surface area contributed by atoms with E-state index in [2.05, 4.69) is 15.8 Å². The number of carbonyl (C=O) groups is 2. The van der Waals surface area contributed by atoms with E-state index in [1.54, 1.807) is 19.2 Å². The fourth-order valence-electron chi connectivity index (χ4n) is 2.03. The van der Waals surface area contributed by atoms with Crippen molar-refractivity contribution in [3.63, 3.8) is 0 Å². The molecule has 7 nitrogen and oxygen atoms in total. The van der Waals surface area contributed by atoms with Crippen LogP contribution in [0.4, 0.5) is 0 Å². The van der Waals surface area contributed by atoms with Crippen molar-refractivity contribution in [1.29, 1.82) is 5.26 Å². The Morgan fingerprint density at radius 2 is 2.17 bits per heavy atom. The summed E-state index contributed by atoms with van der Waals surface area (Å²) in [5.41, 5.74) is 6.44. The van der Waals surface area contributed by atoms with Crippen LogP contribution in [-0.2, 0) is 20.7 Å². The van der Waals surface area contributed by atoms with Crippen LogP contribution < -0.4 is 10.9 Å². The number of nitriles is 1. The van der Waals surface area contributed by atoms with Crippen molar-refractivity contribution in [1.82, 2.24) is 15.8 Å². The molecular weight excluding hydrogens is 296 g/mol. The minimum absolute atomic E-state index is 0.159. The van der Waals surface area contributed by atoms with E-state index in [1.807, 2.05) is 24.3 Å². The van der Waals surface area contributed by atoms with Crippen LogP contribution in [0.1, 0.15) is 12.5 Å². The van der Waals surface area contributed by atoms with Gasteiger partial charge in [0.1, 0.15) is 6.07 Å². The number of aromatic amines is 1. The SMILES string of the molecule is CCOC(=O)C(C#N)=CNNC(=O)Cc1c[nH]c2ccccc12. The monoisotopic (exact) mass is 312 g/mol. The maximum atomic E-state index is 11.9. The van der Waals surface area contributed by atoms with Crippen LogP contribution >= 0.6 is 0 Å². The third-order valence-electron chi connectivity index (χ3n) is 3.07. The van der Waals surface area contributed by atoms with Gasteiger partial charge in [0.15, 0.2) is 5.57 Å². The molecule has 0 aliphatic rings. The lowest BCUT2D eigenvalue weighted by Crippen LogP contribution is -2.35. The topological polar surface area (TPSA) is 107 Å². The third-order valence-corrected chi connectivity index (χ3v) is 3.07. The number of amides is 1. The molecule has 0 radical (unpaired) electrons. The van der Waals surface area contributed by atoms with E-state index in [0.29, 0.717) is 0 Å². The second-order valence-electron chi connectivity index (χ2n) is 4.62. The fourth-order valence-corrected chi connectivity index (χ4v) is 2.03. The maximum absolute atomic E-state index is 11.9. The molecule has 0 unspecified atom stereocenters. The van der Waals surface area contributed by atoms with Gasteiger partial charge in [-0.25, -0.2) is 4.79 Å². The Hall–Kier alpha value is -3.27. The van der Waals surface area contributed by atoms with Gasteiger partial charge in [0.25, 0.3) is 0 Å². The average molecular weight is 312 g/mol. The molecule has 1 heterocycles. The number of hydrogen-bond acceptors (Lipinski definition) is 5. The second-order valence-corrected chi connectivity index (χ2v) is 4.62. The Balaban J connectivity index is 1.93. The number of esters is 1. The van der Waals surface area contributed by atoms with Crippen LogP contribution in [0.3, 0.4) is 0 Å². The Morgan fingerprint density at radius 1 is 1.39 bits per heavy atom. The van der Waals surface area contributed by atoms with E-state index in [-0.39, 0.29) is 24.5 Å². The van der Waals surface area contributed by atoms with Crippen molar-refractivity contribution in [3.05, 3.63) is 47.8 Å². The zero-order chi connectivity index (χ0) is 16.7. The number of H-pyrrole nitrogens is 1. The van der Waals surface area contributed by atoms with E-state index in [0.717, 1.165) is 22.7 Å². The summed E-state index contributed by atoms with van der Waals surface area (Å²) < 4.78 is 4.70. The molecule has 0 aliphatic heterocycles. The molecule has 1 amide bonds. The van der Waals surface area contributed by atoms with Gasteiger partial charge in [0.05, 0.1) is 13.0 Å². The van der Waals surface area contributed by atoms with Gasteiger partial charge in [0.2, 0.25) is 5.91 Å². The number of fused-ring (bicyclic) bond motifs is 1. The molecule has 0 bridgehead atoms. The highest BCUT2D eigenvalue weighted by molar-refractivity contribution is 5.92. The van der Waals surface area contributed by atoms with Crippen LogP contribution in [0.25, 0.3) is 10.9 Å². The molecule has 0 saturated heterocycles. The van der Waals surface area contributed by atoms with Crippen LogP contribution in [-0.4, -0.2) is 23.5 Å². The van der Waals surface area contributed by atoms with Crippen molar-refractivity contribution in [2.24, 2.45) is 0 Å². The van der Waals surface area contributed by atoms with Gasteiger partial charge in [0, 0.05) is 23.3 Å². The summed E-state index contributed by atoms with van der Waals surface area (Å²) in [6.45, 7) is 1.81. The van der Waals surface area contributed by atoms with Crippen molar-refractivity contribution in [2.45, 2.75) is 13.3 Å². The molecule has 0 atom stereocenters. The molecule has 1 aromatic heterocycles. The Bertz CT molecular complexity index is 786. The van der Waals surface area contributed by atoms with Crippen molar-refractivity contribution in [3.8, 4) is 6.07 Å². The molecule has 0 spiro atoms. The van der Waals surface area contributed by atoms with Gasteiger partial charge >= 0.3 is 5.97 Å². The van der Waals surface area contributed by atoms with Crippen LogP contribution in [0, 0.1) is 11.3 Å². The first-order valence-electron chi connectivity index (χ1n) is 7.02. The lowest BCUT2D eigenvalue weighted by atomic mass is 10.1. The molecular formula is C16H16N4O3. The quantitative estimate of drug-likeness (QED) is 0.322. The van der Waals surface area contributed by atoms with E-state index < -0.39 is 5.97 Å². The minimum Gasteiger partial charge on any atom is -0.462 e. The first-order chi connectivity index (χ1) is 11.2. The Morgan fingerprint density at radius 3 is 2.91 bits per heavy atom. The zero-order valence-corrected chi connectivity index (χ0v) is 12.6. The highest BCUT2D eigenvalue weighted by atomic mass is 16.5. The summed E-state index contributed by atoms with van der Waals surface area (Å²) in [5.74, 6) is -1.04. The molecule has 0 saturated carbocycles. The lowest BCUT2D eigenvalue weighted by molar-refractivity contribution is -0.138. The number of aromatic nitrogens is 1. The molecule has 2 aromatic rings. The van der Waals surface area contributed by atoms with Crippen LogP contribution in [0.5, 0.6) is 0 Å². The molecule has 0 fully saturated rings. The highest BCUT2D eigenvalue weighted by Crippen LogP contribution is 2.17. The number of hydrogen-bond donors (Lipinski definition) is 3. The largest absolute Gasteiger partial charge is 0.462 e. The number of ether oxygens (including phenoxy) is 1. The van der Waals surface area contributed by atoms with E-state index in [9.17, 15) is 9.59 Å². The van der Waals surface area contributed by atoms with Gasteiger partial charge in [-0.05, 0) is 18.6 Å². The Kier molecular flexibility index (Phi) is 5.36. The van der Waals surface area contributed by atoms with Crippen LogP contribution in [0.15, 0.2) is 42.2 Å². The third kappa shape index (κ3) is 4.11. The van der Waals surface area contributed by atoms with E-state index in [1.165, 1.54) is 0 Å². The number of benzene rings is 1. The summed E-state index contributed by atoms with van der Waals surface area (Å²) in [6, 6.07) is 9.36. The van der Waals surface area contributed by atoms with Crippen molar-refractivity contribution >= 4 is 22.8 Å². The lowest BCUT2D eigenvalue weighted by Gasteiger charge is -2.05. The molecule has 7 heteroatoms. The van der Waals surface area contributed by atoms with E-state index >= 15 is 0 Å². The first-order valence-corrected chi connectivity index (χ1v) is 7.02. The molecule has 3 N–H and O–H groups in total. The molecule has 0 aliphatic carbocycles. The normalized spacial score (nSPS) is 10.9. The summed E-state index contributed by atoms with van der Waals surface area (Å²) in [6.07, 6.45) is 3.04. The zero-order valence-electron chi connectivity index (χ0n) is 12.6. The molecule has 2 rings (SSSR count). The number of hydrazine groups is 1. The molecule has 1 aromatic carbocycles. The first kappa shape index (κ1) is 16.1. The average Bonchev–Trinajstić information content (AvgIpc) is 2.95. The Labute approximate surface area is 132 Å². The maximum Gasteiger partial charge on any atom is 0.350 e. The number of para-hydroxylation sites is 1. The second kappa shape index (κ2) is 7.66. The minimum atomic E-state index is -0.742. The molecule has 118 valence electrons. The van der Waals surface area contributed by atoms with Crippen molar-refractivity contribution < 1.29 is 14.3 Å². The van der Waals surface area contributed by atoms with Gasteiger partial charge < -0.3 is 15.1 Å². The summed E-state index contributed by atoms with van der Waals surface area (Å²) in [7, 11) is 0. The highest BCUT2D eigenvalue weighted by Gasteiger charge is 2.10. The standard InChI is InChI=1S/C16H16N4O3/c1-2-23-16(22)12(8-17)10-19-20-15(21)7-11-9-18-14-6-4-3-5-13(11)14/h3-6,9-10,18-19H,2,7H2,1H3,(H,20,21). The number of carbonyl (C=O) groups excluding carboxylic acids is 2. The smallest absolute Gasteiger partial charge is 0.350 e.